The fraction of sp³-hybridized carbons (Fsp3) is 0.207. The highest BCUT2D eigenvalue weighted by atomic mass is 16.5. The molecule has 32 heavy (non-hydrogen) atoms. The van der Waals surface area contributed by atoms with Gasteiger partial charge in [0.05, 0.1) is 0 Å². The summed E-state index contributed by atoms with van der Waals surface area (Å²) in [6, 6.07) is 29.9. The molecule has 1 fully saturated rings. The maximum Gasteiger partial charge on any atom is 0.194 e. The number of nitrogens with zero attached hydrogens (tertiary/aromatic N) is 1. The first-order valence-corrected chi connectivity index (χ1v) is 11.4. The van der Waals surface area contributed by atoms with Gasteiger partial charge < -0.3 is 4.74 Å². The number of carbonyl (C=O) groups is 1. The van der Waals surface area contributed by atoms with Crippen LogP contribution in [0.3, 0.4) is 0 Å². The minimum absolute atomic E-state index is 0.0317. The summed E-state index contributed by atoms with van der Waals surface area (Å²) < 4.78 is 5.92. The number of rotatable bonds is 7. The molecule has 0 atom stereocenters. The smallest absolute Gasteiger partial charge is 0.194 e. The van der Waals surface area contributed by atoms with Crippen LogP contribution in [0.5, 0.6) is 5.75 Å². The Morgan fingerprint density at radius 3 is 2.28 bits per heavy atom. The predicted molar refractivity (Wildman–Crippen MR) is 130 cm³/mol. The maximum absolute atomic E-state index is 13.7. The largest absolute Gasteiger partial charge is 0.492 e. The third-order valence-corrected chi connectivity index (χ3v) is 6.23. The normalized spacial score (nSPS) is 14.0. The van der Waals surface area contributed by atoms with Gasteiger partial charge in [-0.3, -0.25) is 9.69 Å². The molecular formula is C29H27NO2. The van der Waals surface area contributed by atoms with Gasteiger partial charge in [0.1, 0.15) is 12.4 Å². The highest BCUT2D eigenvalue weighted by Gasteiger charge is 2.18. The van der Waals surface area contributed by atoms with Crippen LogP contribution in [0.2, 0.25) is 0 Å². The third kappa shape index (κ3) is 4.30. The van der Waals surface area contributed by atoms with Crippen molar-refractivity contribution < 1.29 is 9.53 Å². The molecule has 4 aromatic carbocycles. The lowest BCUT2D eigenvalue weighted by atomic mass is 9.89. The van der Waals surface area contributed by atoms with Crippen molar-refractivity contribution in [2.24, 2.45) is 0 Å². The van der Waals surface area contributed by atoms with Crippen LogP contribution in [0, 0.1) is 0 Å². The quantitative estimate of drug-likeness (QED) is 0.332. The molecule has 1 aliphatic rings. The number of likely N-dealkylation sites (tertiary alicyclic amines) is 1. The molecule has 0 spiro atoms. The van der Waals surface area contributed by atoms with Gasteiger partial charge in [-0.05, 0) is 72.1 Å². The molecule has 0 aromatic heterocycles. The molecule has 160 valence electrons. The van der Waals surface area contributed by atoms with E-state index in [1.807, 2.05) is 60.7 Å². The number of ether oxygens (including phenoxy) is 1. The second kappa shape index (κ2) is 9.37. The SMILES string of the molecule is O=C(c1ccc(OCCN2CCCC2)cc1)c1c(-c2ccccc2)ccc2ccccc12. The van der Waals surface area contributed by atoms with Crippen LogP contribution in [0.15, 0.2) is 91.0 Å². The van der Waals surface area contributed by atoms with E-state index in [1.54, 1.807) is 0 Å². The number of hydrogen-bond acceptors (Lipinski definition) is 3. The van der Waals surface area contributed by atoms with Gasteiger partial charge in [0, 0.05) is 17.7 Å². The average Bonchev–Trinajstić information content (AvgIpc) is 3.37. The number of hydrogen-bond donors (Lipinski definition) is 0. The summed E-state index contributed by atoms with van der Waals surface area (Å²) >= 11 is 0. The molecule has 0 radical (unpaired) electrons. The van der Waals surface area contributed by atoms with Gasteiger partial charge in [-0.1, -0.05) is 66.7 Å². The molecule has 1 heterocycles. The van der Waals surface area contributed by atoms with E-state index >= 15 is 0 Å². The highest BCUT2D eigenvalue weighted by molar-refractivity contribution is 6.20. The Morgan fingerprint density at radius 2 is 1.50 bits per heavy atom. The van der Waals surface area contributed by atoms with Crippen molar-refractivity contribution in [3.05, 3.63) is 102 Å². The third-order valence-electron chi connectivity index (χ3n) is 6.23. The van der Waals surface area contributed by atoms with E-state index in [0.717, 1.165) is 39.8 Å². The van der Waals surface area contributed by atoms with Gasteiger partial charge >= 0.3 is 0 Å². The Balaban J connectivity index is 1.42. The standard InChI is InChI=1S/C29H27NO2/c31-29(24-12-15-25(16-13-24)32-21-20-30-18-6-7-19-30)28-26-11-5-4-10-23(26)14-17-27(28)22-8-2-1-3-9-22/h1-5,8-17H,6-7,18-21H2. The van der Waals surface area contributed by atoms with E-state index in [-0.39, 0.29) is 5.78 Å². The van der Waals surface area contributed by atoms with E-state index in [9.17, 15) is 4.79 Å². The maximum atomic E-state index is 13.7. The molecule has 3 heteroatoms. The van der Waals surface area contributed by atoms with Crippen molar-refractivity contribution in [3.63, 3.8) is 0 Å². The van der Waals surface area contributed by atoms with Gasteiger partial charge in [-0.15, -0.1) is 0 Å². The van der Waals surface area contributed by atoms with Crippen LogP contribution in [0.4, 0.5) is 0 Å². The summed E-state index contributed by atoms with van der Waals surface area (Å²) in [7, 11) is 0. The Hall–Kier alpha value is -3.43. The van der Waals surface area contributed by atoms with Crippen LogP contribution in [-0.4, -0.2) is 36.9 Å². The molecule has 5 rings (SSSR count). The summed E-state index contributed by atoms with van der Waals surface area (Å²) in [4.78, 5) is 16.1. The van der Waals surface area contributed by atoms with Crippen molar-refractivity contribution in [1.29, 1.82) is 0 Å². The second-order valence-corrected chi connectivity index (χ2v) is 8.33. The van der Waals surface area contributed by atoms with Gasteiger partial charge in [0.15, 0.2) is 5.78 Å². The fourth-order valence-electron chi connectivity index (χ4n) is 4.52. The molecule has 4 aromatic rings. The van der Waals surface area contributed by atoms with Crippen molar-refractivity contribution in [2.45, 2.75) is 12.8 Å². The first-order valence-electron chi connectivity index (χ1n) is 11.4. The fourth-order valence-corrected chi connectivity index (χ4v) is 4.52. The minimum Gasteiger partial charge on any atom is -0.492 e. The highest BCUT2D eigenvalue weighted by Crippen LogP contribution is 2.32. The topological polar surface area (TPSA) is 29.5 Å². The number of fused-ring (bicyclic) bond motifs is 1. The number of ketones is 1. The zero-order valence-electron chi connectivity index (χ0n) is 18.2. The molecule has 0 aliphatic carbocycles. The van der Waals surface area contributed by atoms with E-state index < -0.39 is 0 Å². The minimum atomic E-state index is 0.0317. The lowest BCUT2D eigenvalue weighted by Gasteiger charge is -2.15. The molecule has 0 amide bonds. The molecule has 0 bridgehead atoms. The molecule has 0 N–H and O–H groups in total. The number of benzene rings is 4. The molecule has 0 unspecified atom stereocenters. The molecule has 1 saturated heterocycles. The van der Waals surface area contributed by atoms with E-state index in [2.05, 4.69) is 35.2 Å². The Labute approximate surface area is 189 Å². The van der Waals surface area contributed by atoms with Crippen molar-refractivity contribution in [1.82, 2.24) is 4.90 Å². The van der Waals surface area contributed by atoms with Gasteiger partial charge in [-0.25, -0.2) is 0 Å². The summed E-state index contributed by atoms with van der Waals surface area (Å²) in [5.41, 5.74) is 3.42. The van der Waals surface area contributed by atoms with Gasteiger partial charge in [-0.2, -0.15) is 0 Å². The van der Waals surface area contributed by atoms with Gasteiger partial charge in [0.2, 0.25) is 0 Å². The van der Waals surface area contributed by atoms with E-state index in [0.29, 0.717) is 12.2 Å². The lowest BCUT2D eigenvalue weighted by molar-refractivity contribution is 0.104. The lowest BCUT2D eigenvalue weighted by Crippen LogP contribution is -2.25. The molecule has 1 aliphatic heterocycles. The Kier molecular flexibility index (Phi) is 6.00. The number of carbonyl (C=O) groups excluding carboxylic acids is 1. The average molecular weight is 422 g/mol. The van der Waals surface area contributed by atoms with E-state index in [1.165, 1.54) is 25.9 Å². The summed E-state index contributed by atoms with van der Waals surface area (Å²) in [6.07, 6.45) is 2.58. The van der Waals surface area contributed by atoms with Crippen molar-refractivity contribution >= 4 is 16.6 Å². The summed E-state index contributed by atoms with van der Waals surface area (Å²) in [5.74, 6) is 0.839. The monoisotopic (exact) mass is 421 g/mol. The molecule has 3 nitrogen and oxygen atoms in total. The van der Waals surface area contributed by atoms with Crippen LogP contribution in [0.1, 0.15) is 28.8 Å². The first-order chi connectivity index (χ1) is 15.8. The Morgan fingerprint density at radius 1 is 0.781 bits per heavy atom. The van der Waals surface area contributed by atoms with Gasteiger partial charge in [0.25, 0.3) is 0 Å². The van der Waals surface area contributed by atoms with Crippen LogP contribution in [0.25, 0.3) is 21.9 Å². The van der Waals surface area contributed by atoms with Crippen LogP contribution in [-0.2, 0) is 0 Å². The van der Waals surface area contributed by atoms with Crippen LogP contribution >= 0.6 is 0 Å². The summed E-state index contributed by atoms with van der Waals surface area (Å²) in [5, 5.41) is 2.04. The molecular weight excluding hydrogens is 394 g/mol. The van der Waals surface area contributed by atoms with Crippen LogP contribution < -0.4 is 4.74 Å². The zero-order chi connectivity index (χ0) is 21.8. The zero-order valence-corrected chi connectivity index (χ0v) is 18.2. The summed E-state index contributed by atoms with van der Waals surface area (Å²) in [6.45, 7) is 3.98. The van der Waals surface area contributed by atoms with Crippen molar-refractivity contribution in [2.75, 3.05) is 26.2 Å². The second-order valence-electron chi connectivity index (χ2n) is 8.33. The Bertz CT molecular complexity index is 1210. The molecule has 0 saturated carbocycles. The predicted octanol–water partition coefficient (Wildman–Crippen LogP) is 6.21. The van der Waals surface area contributed by atoms with E-state index in [4.69, 9.17) is 4.74 Å². The first kappa shape index (κ1) is 20.5. The van der Waals surface area contributed by atoms with Crippen molar-refractivity contribution in [3.8, 4) is 16.9 Å².